The fourth-order valence-corrected chi connectivity index (χ4v) is 10.1. The van der Waals surface area contributed by atoms with Crippen LogP contribution < -0.4 is 0 Å². The van der Waals surface area contributed by atoms with Gasteiger partial charge >= 0.3 is 0 Å². The van der Waals surface area contributed by atoms with Crippen molar-refractivity contribution in [3.63, 3.8) is 0 Å². The molecule has 4 aliphatic carbocycles. The molecule has 1 N–H and O–H groups in total. The smallest absolute Gasteiger partial charge is 0.269 e. The van der Waals surface area contributed by atoms with Crippen LogP contribution in [-0.2, 0) is 0 Å². The van der Waals surface area contributed by atoms with Crippen LogP contribution in [0.5, 0.6) is 0 Å². The average Bonchev–Trinajstić information content (AvgIpc) is 3.21. The Morgan fingerprint density at radius 1 is 1.05 bits per heavy atom. The van der Waals surface area contributed by atoms with E-state index in [1.54, 1.807) is 12.1 Å². The minimum Gasteiger partial charge on any atom is -0.393 e. The number of rotatable bonds is 7. The van der Waals surface area contributed by atoms with Crippen molar-refractivity contribution in [3.8, 4) is 0 Å². The van der Waals surface area contributed by atoms with Gasteiger partial charge in [0.25, 0.3) is 5.69 Å². The molecule has 0 spiro atoms. The summed E-state index contributed by atoms with van der Waals surface area (Å²) < 4.78 is 0. The van der Waals surface area contributed by atoms with Gasteiger partial charge in [-0.05, 0) is 103 Å². The summed E-state index contributed by atoms with van der Waals surface area (Å²) in [6.07, 6.45) is 14.4. The molecule has 5 rings (SSSR count). The molecular weight excluding hydrogens is 458 g/mol. The highest BCUT2D eigenvalue weighted by Crippen LogP contribution is 2.69. The van der Waals surface area contributed by atoms with Crippen molar-refractivity contribution in [1.29, 1.82) is 0 Å². The van der Waals surface area contributed by atoms with Crippen molar-refractivity contribution >= 4 is 5.69 Å². The summed E-state index contributed by atoms with van der Waals surface area (Å²) >= 11 is 0. The lowest BCUT2D eigenvalue weighted by atomic mass is 9.44. The zero-order valence-corrected chi connectivity index (χ0v) is 23.8. The van der Waals surface area contributed by atoms with E-state index in [0.717, 1.165) is 48.0 Å². The zero-order valence-electron chi connectivity index (χ0n) is 23.8. The van der Waals surface area contributed by atoms with Crippen molar-refractivity contribution in [1.82, 2.24) is 0 Å². The Morgan fingerprint density at radius 2 is 1.78 bits per heavy atom. The summed E-state index contributed by atoms with van der Waals surface area (Å²) in [5, 5.41) is 22.2. The highest BCUT2D eigenvalue weighted by atomic mass is 16.6. The van der Waals surface area contributed by atoms with E-state index < -0.39 is 0 Å². The Balaban J connectivity index is 1.41. The Hall–Kier alpha value is -1.68. The van der Waals surface area contributed by atoms with Gasteiger partial charge in [0.1, 0.15) is 0 Å². The molecular formula is C33H49NO3. The van der Waals surface area contributed by atoms with Crippen LogP contribution in [0.4, 0.5) is 5.69 Å². The third-order valence-electron chi connectivity index (χ3n) is 11.9. The number of hydrogen-bond acceptors (Lipinski definition) is 3. The summed E-state index contributed by atoms with van der Waals surface area (Å²) in [5.74, 6) is 4.83. The second-order valence-corrected chi connectivity index (χ2v) is 14.1. The van der Waals surface area contributed by atoms with E-state index in [0.29, 0.717) is 11.3 Å². The minimum absolute atomic E-state index is 0.0284. The number of nitro groups is 1. The molecule has 4 aliphatic rings. The fourth-order valence-electron chi connectivity index (χ4n) is 10.1. The molecule has 3 fully saturated rings. The maximum absolute atomic E-state index is 11.3. The van der Waals surface area contributed by atoms with Gasteiger partial charge in [-0.1, -0.05) is 77.7 Å². The molecule has 0 amide bonds. The molecule has 0 aromatic heterocycles. The van der Waals surface area contributed by atoms with E-state index in [4.69, 9.17) is 0 Å². The molecule has 0 heterocycles. The van der Waals surface area contributed by atoms with Crippen LogP contribution >= 0.6 is 0 Å². The van der Waals surface area contributed by atoms with Crippen molar-refractivity contribution in [2.75, 3.05) is 0 Å². The van der Waals surface area contributed by atoms with Crippen LogP contribution in [0.25, 0.3) is 0 Å². The summed E-state index contributed by atoms with van der Waals surface area (Å²) in [6.45, 7) is 12.4. The van der Waals surface area contributed by atoms with E-state index in [2.05, 4.69) is 40.7 Å². The van der Waals surface area contributed by atoms with Gasteiger partial charge in [-0.2, -0.15) is 0 Å². The topological polar surface area (TPSA) is 63.4 Å². The lowest BCUT2D eigenvalue weighted by Gasteiger charge is -2.60. The predicted octanol–water partition coefficient (Wildman–Crippen LogP) is 8.69. The van der Waals surface area contributed by atoms with Crippen LogP contribution in [0.15, 0.2) is 35.9 Å². The van der Waals surface area contributed by atoms with Gasteiger partial charge < -0.3 is 5.11 Å². The number of nitro benzene ring substituents is 1. The van der Waals surface area contributed by atoms with Gasteiger partial charge in [-0.15, -0.1) is 0 Å². The largest absolute Gasteiger partial charge is 0.393 e. The van der Waals surface area contributed by atoms with Crippen LogP contribution in [0, 0.1) is 56.5 Å². The van der Waals surface area contributed by atoms with E-state index in [1.165, 1.54) is 56.9 Å². The summed E-state index contributed by atoms with van der Waals surface area (Å²) in [5.41, 5.74) is 3.25. The molecule has 0 saturated heterocycles. The van der Waals surface area contributed by atoms with Gasteiger partial charge in [0.15, 0.2) is 0 Å². The summed E-state index contributed by atoms with van der Waals surface area (Å²) in [7, 11) is 0. The average molecular weight is 508 g/mol. The normalized spacial score (nSPS) is 39.9. The molecule has 0 radical (unpaired) electrons. The van der Waals surface area contributed by atoms with Crippen molar-refractivity contribution < 1.29 is 10.0 Å². The zero-order chi connectivity index (χ0) is 26.5. The Morgan fingerprint density at radius 3 is 2.46 bits per heavy atom. The first kappa shape index (κ1) is 26.9. The number of aliphatic hydroxyl groups is 1. The van der Waals surface area contributed by atoms with Crippen LogP contribution in [0.1, 0.15) is 110 Å². The van der Waals surface area contributed by atoms with Gasteiger partial charge in [0.05, 0.1) is 11.0 Å². The highest BCUT2D eigenvalue weighted by Gasteiger charge is 2.61. The number of non-ortho nitro benzene ring substituents is 1. The third kappa shape index (κ3) is 4.60. The first-order chi connectivity index (χ1) is 17.6. The van der Waals surface area contributed by atoms with Gasteiger partial charge in [-0.25, -0.2) is 0 Å². The van der Waals surface area contributed by atoms with Gasteiger partial charge in [0.2, 0.25) is 0 Å². The SMILES string of the molecule is CC(C)CCC[C@@H](C)[C@H]1CC[C@H]2[C@@H]3CC=C4C[C@@H](O)CC(c5ccc([N+](=O)[O-])cc5)[C@@]4(C)[C@H]3CC[C@]12C. The molecule has 1 aromatic rings. The Kier molecular flexibility index (Phi) is 7.37. The maximum atomic E-state index is 11.3. The van der Waals surface area contributed by atoms with Crippen LogP contribution in [-0.4, -0.2) is 16.1 Å². The van der Waals surface area contributed by atoms with E-state index >= 15 is 0 Å². The van der Waals surface area contributed by atoms with Crippen LogP contribution in [0.2, 0.25) is 0 Å². The molecule has 4 heteroatoms. The number of benzene rings is 1. The Labute approximate surface area is 224 Å². The first-order valence-electron chi connectivity index (χ1n) is 15.2. The molecule has 9 atom stereocenters. The lowest BCUT2D eigenvalue weighted by Crippen LogP contribution is -2.53. The van der Waals surface area contributed by atoms with Gasteiger partial charge in [-0.3, -0.25) is 10.1 Å². The maximum Gasteiger partial charge on any atom is 0.269 e. The number of allylic oxidation sites excluding steroid dienone is 1. The molecule has 4 nitrogen and oxygen atoms in total. The van der Waals surface area contributed by atoms with Crippen molar-refractivity contribution in [3.05, 3.63) is 51.6 Å². The third-order valence-corrected chi connectivity index (χ3v) is 11.9. The van der Waals surface area contributed by atoms with Crippen LogP contribution in [0.3, 0.4) is 0 Å². The molecule has 1 aromatic carbocycles. The summed E-state index contributed by atoms with van der Waals surface area (Å²) in [4.78, 5) is 11.0. The summed E-state index contributed by atoms with van der Waals surface area (Å²) in [6, 6.07) is 7.24. The highest BCUT2D eigenvalue weighted by molar-refractivity contribution is 5.39. The second kappa shape index (κ2) is 10.1. The van der Waals surface area contributed by atoms with Crippen molar-refractivity contribution in [2.24, 2.45) is 46.3 Å². The molecule has 0 bridgehead atoms. The van der Waals surface area contributed by atoms with E-state index in [-0.39, 0.29) is 28.0 Å². The molecule has 37 heavy (non-hydrogen) atoms. The number of aliphatic hydroxyl groups excluding tert-OH is 1. The number of fused-ring (bicyclic) bond motifs is 5. The standard InChI is InChI=1S/C33H49NO3/c1-21(2)7-6-8-22(3)28-15-16-29-27-14-11-24-19-26(35)20-31(23-9-12-25(13-10-23)34(36)37)33(24,5)30(27)17-18-32(28,29)4/h9-13,21-22,26-31,35H,6-8,14-20H2,1-5H3/t22-,26-,27+,28-,29+,30+,31?,32-,33-/m1/s1. The Bertz CT molecular complexity index is 1010. The first-order valence-corrected chi connectivity index (χ1v) is 15.2. The monoisotopic (exact) mass is 507 g/mol. The predicted molar refractivity (Wildman–Crippen MR) is 150 cm³/mol. The quantitative estimate of drug-likeness (QED) is 0.228. The lowest BCUT2D eigenvalue weighted by molar-refractivity contribution is -0.384. The van der Waals surface area contributed by atoms with E-state index in [1.807, 2.05) is 12.1 Å². The molecule has 204 valence electrons. The number of hydrogen-bond donors (Lipinski definition) is 1. The molecule has 1 unspecified atom stereocenters. The number of nitrogens with zero attached hydrogens (tertiary/aromatic N) is 1. The van der Waals surface area contributed by atoms with E-state index in [9.17, 15) is 15.2 Å². The van der Waals surface area contributed by atoms with Crippen molar-refractivity contribution in [2.45, 2.75) is 111 Å². The molecule has 0 aliphatic heterocycles. The second-order valence-electron chi connectivity index (χ2n) is 14.1. The van der Waals surface area contributed by atoms with Gasteiger partial charge in [0, 0.05) is 12.1 Å². The fraction of sp³-hybridized carbons (Fsp3) is 0.758. The minimum atomic E-state index is -0.326. The molecule has 3 saturated carbocycles.